The minimum absolute atomic E-state index is 0.317. The second kappa shape index (κ2) is 7.84. The molecule has 5 unspecified atom stereocenters. The van der Waals surface area contributed by atoms with E-state index < -0.39 is 37.3 Å². The van der Waals surface area contributed by atoms with Crippen LogP contribution < -0.4 is 4.74 Å². The molecular weight excluding hydrogens is 469 g/mol. The molecule has 136 valence electrons. The van der Waals surface area contributed by atoms with E-state index in [1.165, 1.54) is 0 Å². The van der Waals surface area contributed by atoms with Gasteiger partial charge in [-0.25, -0.2) is 4.89 Å². The summed E-state index contributed by atoms with van der Waals surface area (Å²) in [5, 5.41) is 39.7. The number of pyridine rings is 1. The van der Waals surface area contributed by atoms with E-state index in [4.69, 9.17) is 26.3 Å². The van der Waals surface area contributed by atoms with Crippen LogP contribution in [0.25, 0.3) is 10.9 Å². The van der Waals surface area contributed by atoms with Crippen LogP contribution in [0, 0.1) is 3.57 Å². The van der Waals surface area contributed by atoms with Gasteiger partial charge in [-0.3, -0.25) is 10.2 Å². The number of rotatable bonds is 4. The first-order valence-electron chi connectivity index (χ1n) is 7.29. The van der Waals surface area contributed by atoms with Crippen LogP contribution in [0.1, 0.15) is 0 Å². The smallest absolute Gasteiger partial charge is 0.229 e. The fraction of sp³-hybridized carbons (Fsp3) is 0.400. The number of ether oxygens (including phenoxy) is 2. The molecule has 8 nitrogen and oxygen atoms in total. The van der Waals surface area contributed by atoms with Gasteiger partial charge in [0.15, 0.2) is 5.75 Å². The van der Waals surface area contributed by atoms with Crippen LogP contribution in [-0.4, -0.2) is 62.9 Å². The third-order valence-corrected chi connectivity index (χ3v) is 5.01. The van der Waals surface area contributed by atoms with Crippen LogP contribution >= 0.6 is 34.2 Å². The number of nitrogens with zero attached hydrogens (tertiary/aromatic N) is 1. The number of aromatic nitrogens is 1. The van der Waals surface area contributed by atoms with Gasteiger partial charge in [-0.15, -0.1) is 0 Å². The molecule has 1 fully saturated rings. The predicted octanol–water partition coefficient (Wildman–Crippen LogP) is 1.17. The third kappa shape index (κ3) is 3.69. The van der Waals surface area contributed by atoms with Gasteiger partial charge in [0.05, 0.1) is 8.59 Å². The molecule has 1 aliphatic heterocycles. The first kappa shape index (κ1) is 19.0. The number of benzene rings is 1. The number of aliphatic hydroxyl groups is 3. The van der Waals surface area contributed by atoms with Gasteiger partial charge in [0.1, 0.15) is 36.5 Å². The Balaban J connectivity index is 1.95. The molecule has 25 heavy (non-hydrogen) atoms. The Morgan fingerprint density at radius 1 is 1.24 bits per heavy atom. The highest BCUT2D eigenvalue weighted by Crippen LogP contribution is 2.36. The number of halogens is 2. The fourth-order valence-electron chi connectivity index (χ4n) is 2.60. The van der Waals surface area contributed by atoms with Crippen molar-refractivity contribution < 1.29 is 34.9 Å². The van der Waals surface area contributed by atoms with Crippen molar-refractivity contribution in [2.45, 2.75) is 30.7 Å². The molecule has 5 atom stereocenters. The van der Waals surface area contributed by atoms with Gasteiger partial charge < -0.3 is 24.8 Å². The summed E-state index contributed by atoms with van der Waals surface area (Å²) < 4.78 is 11.8. The summed E-state index contributed by atoms with van der Waals surface area (Å²) in [6.45, 7) is -0.401. The van der Waals surface area contributed by atoms with Gasteiger partial charge >= 0.3 is 0 Å². The highest BCUT2D eigenvalue weighted by Gasteiger charge is 2.45. The van der Waals surface area contributed by atoms with E-state index in [1.54, 1.807) is 24.4 Å². The van der Waals surface area contributed by atoms with E-state index in [0.29, 0.717) is 25.2 Å². The molecule has 1 saturated heterocycles. The fourth-order valence-corrected chi connectivity index (χ4v) is 3.74. The maximum Gasteiger partial charge on any atom is 0.229 e. The van der Waals surface area contributed by atoms with Gasteiger partial charge in [0, 0.05) is 11.6 Å². The van der Waals surface area contributed by atoms with Crippen molar-refractivity contribution in [1.29, 1.82) is 0 Å². The lowest BCUT2D eigenvalue weighted by Gasteiger charge is -2.39. The summed E-state index contributed by atoms with van der Waals surface area (Å²) in [4.78, 5) is 8.23. The van der Waals surface area contributed by atoms with Crippen molar-refractivity contribution in [1.82, 2.24) is 4.98 Å². The normalized spacial score (nSPS) is 29.8. The van der Waals surface area contributed by atoms with Crippen molar-refractivity contribution in [3.8, 4) is 5.75 Å². The molecule has 3 rings (SSSR count). The van der Waals surface area contributed by atoms with Crippen LogP contribution in [0.3, 0.4) is 0 Å². The largest absolute Gasteiger partial charge is 0.459 e. The monoisotopic (exact) mass is 483 g/mol. The first-order valence-corrected chi connectivity index (χ1v) is 8.75. The van der Waals surface area contributed by atoms with E-state index in [1.807, 2.05) is 22.6 Å². The Kier molecular flexibility index (Phi) is 5.96. The van der Waals surface area contributed by atoms with Crippen LogP contribution in [0.2, 0.25) is 5.02 Å². The number of hydrogen-bond donors (Lipinski definition) is 4. The minimum atomic E-state index is -1.54. The van der Waals surface area contributed by atoms with Crippen molar-refractivity contribution in [3.05, 3.63) is 33.0 Å². The molecule has 0 spiro atoms. The van der Waals surface area contributed by atoms with Crippen LogP contribution in [0.5, 0.6) is 5.75 Å². The molecule has 1 aromatic heterocycles. The topological polar surface area (TPSA) is 122 Å². The van der Waals surface area contributed by atoms with Crippen molar-refractivity contribution >= 4 is 45.1 Å². The van der Waals surface area contributed by atoms with Crippen LogP contribution in [0.4, 0.5) is 0 Å². The lowest BCUT2D eigenvalue weighted by molar-refractivity contribution is -0.318. The van der Waals surface area contributed by atoms with E-state index in [-0.39, 0.29) is 0 Å². The van der Waals surface area contributed by atoms with E-state index in [9.17, 15) is 15.3 Å². The van der Waals surface area contributed by atoms with Gasteiger partial charge in [-0.1, -0.05) is 11.6 Å². The minimum Gasteiger partial charge on any atom is -0.459 e. The van der Waals surface area contributed by atoms with E-state index in [0.717, 1.165) is 0 Å². The zero-order chi connectivity index (χ0) is 18.1. The first-order chi connectivity index (χ1) is 11.9. The molecule has 1 aliphatic rings. The van der Waals surface area contributed by atoms with Crippen LogP contribution in [-0.2, 0) is 9.62 Å². The summed E-state index contributed by atoms with van der Waals surface area (Å²) in [7, 11) is 0. The molecule has 0 saturated carbocycles. The van der Waals surface area contributed by atoms with E-state index in [2.05, 4.69) is 9.87 Å². The quantitative estimate of drug-likeness (QED) is 0.291. The molecule has 1 aromatic carbocycles. The van der Waals surface area contributed by atoms with Gasteiger partial charge in [-0.2, -0.15) is 0 Å². The molecule has 10 heteroatoms. The van der Waals surface area contributed by atoms with Gasteiger partial charge in [0.25, 0.3) is 0 Å². The lowest BCUT2D eigenvalue weighted by atomic mass is 9.99. The Labute approximate surface area is 161 Å². The molecule has 2 heterocycles. The predicted molar refractivity (Wildman–Crippen MR) is 95.4 cm³/mol. The average molecular weight is 484 g/mol. The van der Waals surface area contributed by atoms with Gasteiger partial charge in [0.2, 0.25) is 6.29 Å². The molecule has 4 N–H and O–H groups in total. The zero-order valence-corrected chi connectivity index (χ0v) is 15.5. The summed E-state index contributed by atoms with van der Waals surface area (Å²) in [5.41, 5.74) is 0.464. The van der Waals surface area contributed by atoms with Crippen molar-refractivity contribution in [2.24, 2.45) is 0 Å². The van der Waals surface area contributed by atoms with E-state index >= 15 is 0 Å². The Morgan fingerprint density at radius 2 is 2.00 bits per heavy atom. The zero-order valence-electron chi connectivity index (χ0n) is 12.6. The second-order valence-electron chi connectivity index (χ2n) is 5.50. The Hall–Kier alpha value is -0.790. The lowest BCUT2D eigenvalue weighted by Crippen LogP contribution is -2.60. The molecule has 0 amide bonds. The second-order valence-corrected chi connectivity index (χ2v) is 7.07. The molecule has 0 aliphatic carbocycles. The summed E-state index contributed by atoms with van der Waals surface area (Å²) in [6, 6.07) is 5.18. The highest BCUT2D eigenvalue weighted by atomic mass is 127. The molecule has 0 radical (unpaired) electrons. The highest BCUT2D eigenvalue weighted by molar-refractivity contribution is 14.1. The standard InChI is InChI=1S/C15H15ClINO7/c16-7-4-8(17)14(10-6(7)2-1-3-18-10)25-15-13(21)12(20)11(19)9(24-15)5-23-22/h1-4,9,11-13,15,19-22H,5H2. The maximum absolute atomic E-state index is 10.2. The summed E-state index contributed by atoms with van der Waals surface area (Å²) in [6.07, 6.45) is -5.32. The van der Waals surface area contributed by atoms with Crippen molar-refractivity contribution in [2.75, 3.05) is 6.61 Å². The average Bonchev–Trinajstić information content (AvgIpc) is 2.60. The maximum atomic E-state index is 10.2. The molecular formula is C15H15ClINO7. The Bertz CT molecular complexity index is 764. The van der Waals surface area contributed by atoms with Crippen LogP contribution in [0.15, 0.2) is 24.4 Å². The number of hydrogen-bond acceptors (Lipinski definition) is 8. The Morgan fingerprint density at radius 3 is 2.72 bits per heavy atom. The summed E-state index contributed by atoms with van der Waals surface area (Å²) in [5.74, 6) is 0.317. The van der Waals surface area contributed by atoms with Gasteiger partial charge in [-0.05, 0) is 40.8 Å². The number of fused-ring (bicyclic) bond motifs is 1. The molecule has 0 bridgehead atoms. The number of aliphatic hydroxyl groups excluding tert-OH is 3. The summed E-state index contributed by atoms with van der Waals surface area (Å²) >= 11 is 8.22. The van der Waals surface area contributed by atoms with Crippen molar-refractivity contribution in [3.63, 3.8) is 0 Å². The third-order valence-electron chi connectivity index (χ3n) is 3.89. The SMILES string of the molecule is OOCC1OC(Oc2c(I)cc(Cl)c3cccnc23)C(O)C(O)C1O. The molecule has 2 aromatic rings.